The molecule has 0 saturated carbocycles. The van der Waals surface area contributed by atoms with E-state index in [4.69, 9.17) is 9.47 Å². The Hall–Kier alpha value is -0.00182. The maximum absolute atomic E-state index is 11.0. The molecule has 0 spiro atoms. The molecule has 1 radical (unpaired) electrons. The van der Waals surface area contributed by atoms with E-state index in [1.807, 2.05) is 13.8 Å². The summed E-state index contributed by atoms with van der Waals surface area (Å²) in [5, 5.41) is 0. The zero-order chi connectivity index (χ0) is 12.2. The van der Waals surface area contributed by atoms with E-state index in [0.717, 1.165) is 37.8 Å². The van der Waals surface area contributed by atoms with E-state index in [1.165, 1.54) is 0 Å². The van der Waals surface area contributed by atoms with Gasteiger partial charge in [0.25, 0.3) is 0 Å². The standard InChI is InChI=1S/C12H20O4.Mn.Sn.4H/c1-3-5-9-15-11(13)7-8-12(14)16-10-6-4-2;;;;;;/h7-8H,3-6,9-10H2,1-2H3;;;;;;/b8-7-;;;;;;. The number of unbranched alkanes of at least 4 members (excludes halogenated alkanes) is 2. The van der Waals surface area contributed by atoms with E-state index < -0.39 is 11.9 Å². The first-order chi connectivity index (χ1) is 7.70. The number of rotatable bonds is 8. The van der Waals surface area contributed by atoms with Gasteiger partial charge in [0, 0.05) is 29.2 Å². The minimum absolute atomic E-state index is 0. The molecule has 0 saturated heterocycles. The summed E-state index contributed by atoms with van der Waals surface area (Å²) >= 11 is 0. The summed E-state index contributed by atoms with van der Waals surface area (Å²) in [6.45, 7) is 4.80. The Morgan fingerprint density at radius 3 is 1.50 bits per heavy atom. The van der Waals surface area contributed by atoms with Gasteiger partial charge in [-0.1, -0.05) is 26.7 Å². The topological polar surface area (TPSA) is 52.6 Å². The van der Waals surface area contributed by atoms with Crippen molar-refractivity contribution < 1.29 is 36.1 Å². The molecular weight excluding hydrogens is 382 g/mol. The third-order valence-corrected chi connectivity index (χ3v) is 1.84. The zero-order valence-corrected chi connectivity index (χ0v) is 11.6. The second-order valence-electron chi connectivity index (χ2n) is 3.38. The van der Waals surface area contributed by atoms with Gasteiger partial charge in [-0.15, -0.1) is 0 Å². The van der Waals surface area contributed by atoms with Crippen molar-refractivity contribution in [3.05, 3.63) is 12.2 Å². The first kappa shape index (κ1) is 23.1. The van der Waals surface area contributed by atoms with Gasteiger partial charge in [0.1, 0.15) is 0 Å². The fraction of sp³-hybridized carbons (Fsp3) is 0.667. The van der Waals surface area contributed by atoms with Crippen molar-refractivity contribution in [3.63, 3.8) is 0 Å². The van der Waals surface area contributed by atoms with Crippen LogP contribution in [0.5, 0.6) is 0 Å². The average Bonchev–Trinajstić information content (AvgIpc) is 2.27. The van der Waals surface area contributed by atoms with Crippen molar-refractivity contribution in [1.82, 2.24) is 0 Å². The fourth-order valence-corrected chi connectivity index (χ4v) is 0.867. The van der Waals surface area contributed by atoms with Crippen molar-refractivity contribution >= 4 is 35.8 Å². The molecule has 6 heteroatoms. The SMILES string of the molecule is CCCCOC(=O)/C=C\C(=O)OCCCC.[Mn].[SnH4]. The van der Waals surface area contributed by atoms with Crippen LogP contribution in [0, 0.1) is 0 Å². The molecule has 0 aliphatic heterocycles. The molecule has 0 bridgehead atoms. The van der Waals surface area contributed by atoms with E-state index in [1.54, 1.807) is 0 Å². The molecule has 0 atom stereocenters. The van der Waals surface area contributed by atoms with Gasteiger partial charge in [-0.25, -0.2) is 9.59 Å². The van der Waals surface area contributed by atoms with Crippen LogP contribution in [0.1, 0.15) is 39.5 Å². The summed E-state index contributed by atoms with van der Waals surface area (Å²) in [4.78, 5) is 22.1. The Balaban J connectivity index is -0.00000112. The summed E-state index contributed by atoms with van der Waals surface area (Å²) in [6, 6.07) is 0. The zero-order valence-electron chi connectivity index (χ0n) is 10.4. The second-order valence-corrected chi connectivity index (χ2v) is 3.38. The monoisotopic (exact) mass is 407 g/mol. The van der Waals surface area contributed by atoms with Crippen molar-refractivity contribution in [3.8, 4) is 0 Å². The first-order valence-electron chi connectivity index (χ1n) is 5.72. The van der Waals surface area contributed by atoms with Crippen LogP contribution in [0.4, 0.5) is 0 Å². The molecule has 0 amide bonds. The van der Waals surface area contributed by atoms with E-state index in [-0.39, 0.29) is 41.0 Å². The predicted octanol–water partition coefficient (Wildman–Crippen LogP) is 0.775. The van der Waals surface area contributed by atoms with Gasteiger partial charge in [0.2, 0.25) is 0 Å². The molecule has 0 rings (SSSR count). The third kappa shape index (κ3) is 16.0. The van der Waals surface area contributed by atoms with Crippen molar-refractivity contribution in [2.45, 2.75) is 39.5 Å². The molecule has 0 aliphatic rings. The van der Waals surface area contributed by atoms with Gasteiger partial charge < -0.3 is 9.47 Å². The molecule has 4 nitrogen and oxygen atoms in total. The summed E-state index contributed by atoms with van der Waals surface area (Å²) in [5.74, 6) is -0.998. The molecule has 0 heterocycles. The summed E-state index contributed by atoms with van der Waals surface area (Å²) in [6.07, 6.45) is 5.81. The van der Waals surface area contributed by atoms with Gasteiger partial charge in [-0.05, 0) is 12.8 Å². The van der Waals surface area contributed by atoms with Crippen LogP contribution in [0.2, 0.25) is 0 Å². The van der Waals surface area contributed by atoms with E-state index in [9.17, 15) is 9.59 Å². The van der Waals surface area contributed by atoms with Crippen LogP contribution in [-0.2, 0) is 36.1 Å². The summed E-state index contributed by atoms with van der Waals surface area (Å²) < 4.78 is 9.65. The Bertz CT molecular complexity index is 220. The third-order valence-electron chi connectivity index (χ3n) is 1.84. The average molecular weight is 406 g/mol. The number of ether oxygens (including phenoxy) is 2. The molecule has 0 fully saturated rings. The van der Waals surface area contributed by atoms with Gasteiger partial charge >= 0.3 is 35.8 Å². The Labute approximate surface area is 136 Å². The fourth-order valence-electron chi connectivity index (χ4n) is 0.867. The summed E-state index contributed by atoms with van der Waals surface area (Å²) in [7, 11) is 0. The Kier molecular flexibility index (Phi) is 21.8. The molecule has 0 aromatic rings. The van der Waals surface area contributed by atoms with E-state index in [0.29, 0.717) is 13.2 Å². The van der Waals surface area contributed by atoms with Gasteiger partial charge in [0.15, 0.2) is 0 Å². The van der Waals surface area contributed by atoms with Gasteiger partial charge in [-0.3, -0.25) is 0 Å². The molecule has 0 aromatic carbocycles. The van der Waals surface area contributed by atoms with Crippen LogP contribution >= 0.6 is 0 Å². The van der Waals surface area contributed by atoms with Crippen LogP contribution < -0.4 is 0 Å². The number of carbonyl (C=O) groups excluding carboxylic acids is 2. The molecule has 0 aromatic heterocycles. The number of esters is 2. The van der Waals surface area contributed by atoms with E-state index >= 15 is 0 Å². The quantitative estimate of drug-likeness (QED) is 0.259. The number of hydrogen-bond donors (Lipinski definition) is 0. The summed E-state index contributed by atoms with van der Waals surface area (Å²) in [5.41, 5.74) is 0. The predicted molar refractivity (Wildman–Crippen MR) is 72.2 cm³/mol. The molecule has 0 N–H and O–H groups in total. The van der Waals surface area contributed by atoms with Crippen molar-refractivity contribution in [1.29, 1.82) is 0 Å². The van der Waals surface area contributed by atoms with Crippen molar-refractivity contribution in [2.24, 2.45) is 0 Å². The first-order valence-corrected chi connectivity index (χ1v) is 5.72. The second kappa shape index (κ2) is 17.0. The Morgan fingerprint density at radius 2 is 1.22 bits per heavy atom. The number of hydrogen-bond acceptors (Lipinski definition) is 4. The molecule has 0 unspecified atom stereocenters. The molecule has 18 heavy (non-hydrogen) atoms. The molecular formula is C12H24MnO4Sn. The van der Waals surface area contributed by atoms with Crippen LogP contribution in [0.3, 0.4) is 0 Å². The normalized spacial score (nSPS) is 9.22. The minimum atomic E-state index is -0.499. The van der Waals surface area contributed by atoms with Gasteiger partial charge in [-0.2, -0.15) is 0 Å². The molecule has 107 valence electrons. The van der Waals surface area contributed by atoms with E-state index in [2.05, 4.69) is 0 Å². The van der Waals surface area contributed by atoms with Crippen LogP contribution in [-0.4, -0.2) is 49.1 Å². The Morgan fingerprint density at radius 1 is 0.889 bits per heavy atom. The van der Waals surface area contributed by atoms with Gasteiger partial charge in [0.05, 0.1) is 13.2 Å². The molecule has 0 aliphatic carbocycles. The van der Waals surface area contributed by atoms with Crippen LogP contribution in [0.25, 0.3) is 0 Å². The number of carbonyl (C=O) groups is 2. The maximum atomic E-state index is 11.0. The van der Waals surface area contributed by atoms with Crippen molar-refractivity contribution in [2.75, 3.05) is 13.2 Å². The van der Waals surface area contributed by atoms with Crippen LogP contribution in [0.15, 0.2) is 12.2 Å².